The van der Waals surface area contributed by atoms with Crippen molar-refractivity contribution in [3.05, 3.63) is 22.2 Å². The summed E-state index contributed by atoms with van der Waals surface area (Å²) in [6, 6.07) is 2.27. The molecule has 3 rings (SSSR count). The van der Waals surface area contributed by atoms with Crippen LogP contribution in [0.3, 0.4) is 0 Å². The van der Waals surface area contributed by atoms with Crippen molar-refractivity contribution in [1.82, 2.24) is 4.90 Å². The zero-order valence-corrected chi connectivity index (χ0v) is 14.5. The van der Waals surface area contributed by atoms with E-state index in [-0.39, 0.29) is 33.1 Å². The summed E-state index contributed by atoms with van der Waals surface area (Å²) in [5, 5.41) is 2.43. The number of carbonyl (C=O) groups is 1. The molecule has 2 fully saturated rings. The Morgan fingerprint density at radius 3 is 2.48 bits per heavy atom. The van der Waals surface area contributed by atoms with E-state index < -0.39 is 12.8 Å². The number of alkyl halides is 3. The molecule has 138 valence electrons. The number of amides is 2. The maximum atomic E-state index is 12.4. The number of halogens is 5. The number of hydrogen-bond donors (Lipinski definition) is 1. The minimum Gasteiger partial charge on any atom is -0.481 e. The third-order valence-corrected chi connectivity index (χ3v) is 4.89. The number of anilines is 1. The van der Waals surface area contributed by atoms with Crippen LogP contribution in [0.4, 0.5) is 23.7 Å². The lowest BCUT2D eigenvalue weighted by molar-refractivity contribution is -0.153. The van der Waals surface area contributed by atoms with E-state index in [1.807, 2.05) is 0 Å². The van der Waals surface area contributed by atoms with Crippen molar-refractivity contribution in [3.8, 4) is 5.75 Å². The molecule has 10 heteroatoms. The van der Waals surface area contributed by atoms with Gasteiger partial charge in [0.05, 0.1) is 22.2 Å². The first-order valence-corrected chi connectivity index (χ1v) is 8.31. The van der Waals surface area contributed by atoms with Gasteiger partial charge in [0.1, 0.15) is 0 Å². The second-order valence-electron chi connectivity index (χ2n) is 6.03. The first-order valence-electron chi connectivity index (χ1n) is 7.55. The van der Waals surface area contributed by atoms with Gasteiger partial charge in [-0.1, -0.05) is 23.2 Å². The van der Waals surface area contributed by atoms with Crippen LogP contribution in [-0.2, 0) is 4.74 Å². The van der Waals surface area contributed by atoms with Crippen molar-refractivity contribution in [1.29, 1.82) is 0 Å². The van der Waals surface area contributed by atoms with Crippen LogP contribution in [-0.4, -0.2) is 49.0 Å². The van der Waals surface area contributed by atoms with E-state index in [1.165, 1.54) is 12.1 Å². The van der Waals surface area contributed by atoms with E-state index in [2.05, 4.69) is 10.1 Å². The van der Waals surface area contributed by atoms with Crippen molar-refractivity contribution in [3.63, 3.8) is 0 Å². The fraction of sp³-hybridized carbons (Fsp3) is 0.533. The highest BCUT2D eigenvalue weighted by atomic mass is 35.5. The van der Waals surface area contributed by atoms with Gasteiger partial charge in [-0.25, -0.2) is 4.79 Å². The van der Waals surface area contributed by atoms with Crippen LogP contribution in [0.5, 0.6) is 5.75 Å². The molecule has 2 amide bonds. The lowest BCUT2D eigenvalue weighted by Gasteiger charge is -2.49. The number of ether oxygens (including phenoxy) is 2. The second-order valence-corrected chi connectivity index (χ2v) is 6.85. The minimum atomic E-state index is -4.51. The predicted octanol–water partition coefficient (Wildman–Crippen LogP) is 4.33. The highest BCUT2D eigenvalue weighted by Gasteiger charge is 2.50. The summed E-state index contributed by atoms with van der Waals surface area (Å²) in [6.45, 7) is 0.233. The Bertz CT molecular complexity index is 655. The number of likely N-dealkylation sites (tertiary alicyclic amines) is 1. The molecular weight excluding hydrogens is 384 g/mol. The summed E-state index contributed by atoms with van der Waals surface area (Å²) in [5.74, 6) is -0.275. The number of rotatable bonds is 3. The predicted molar refractivity (Wildman–Crippen MR) is 86.5 cm³/mol. The zero-order valence-electron chi connectivity index (χ0n) is 13.0. The third kappa shape index (κ3) is 3.91. The normalized spacial score (nSPS) is 22.8. The molecule has 2 aliphatic rings. The molecule has 1 atom stereocenters. The van der Waals surface area contributed by atoms with Gasteiger partial charge < -0.3 is 19.7 Å². The number of benzene rings is 1. The Morgan fingerprint density at radius 2 is 2.00 bits per heavy atom. The lowest BCUT2D eigenvalue weighted by Crippen LogP contribution is -2.63. The molecule has 0 saturated carbocycles. The molecule has 25 heavy (non-hydrogen) atoms. The monoisotopic (exact) mass is 398 g/mol. The Kier molecular flexibility index (Phi) is 4.96. The summed E-state index contributed by atoms with van der Waals surface area (Å²) in [6.07, 6.45) is -2.84. The number of carbonyl (C=O) groups excluding carboxylic acids is 1. The van der Waals surface area contributed by atoms with E-state index in [9.17, 15) is 18.0 Å². The maximum absolute atomic E-state index is 12.4. The SMILES string of the molecule is O=C(Nc1cc(Cl)c(OCC(F)(F)F)c(Cl)c1)N1CCC12CCOC2. The highest BCUT2D eigenvalue weighted by Crippen LogP contribution is 2.40. The third-order valence-electron chi connectivity index (χ3n) is 4.33. The van der Waals surface area contributed by atoms with Crippen molar-refractivity contribution in [2.24, 2.45) is 0 Å². The molecule has 1 unspecified atom stereocenters. The molecule has 0 radical (unpaired) electrons. The van der Waals surface area contributed by atoms with Crippen LogP contribution in [0.1, 0.15) is 12.8 Å². The van der Waals surface area contributed by atoms with Gasteiger partial charge in [0, 0.05) is 18.8 Å². The summed E-state index contributed by atoms with van der Waals surface area (Å²) in [5.41, 5.74) is 0.0216. The summed E-state index contributed by atoms with van der Waals surface area (Å²) < 4.78 is 46.7. The highest BCUT2D eigenvalue weighted by molar-refractivity contribution is 6.37. The average molecular weight is 399 g/mol. The van der Waals surface area contributed by atoms with Crippen LogP contribution in [0.15, 0.2) is 12.1 Å². The molecule has 2 saturated heterocycles. The fourth-order valence-electron chi connectivity index (χ4n) is 2.98. The molecule has 1 N–H and O–H groups in total. The topological polar surface area (TPSA) is 50.8 Å². The fourth-order valence-corrected chi connectivity index (χ4v) is 3.57. The molecule has 0 bridgehead atoms. The second kappa shape index (κ2) is 6.74. The molecule has 1 aromatic carbocycles. The first kappa shape index (κ1) is 18.4. The van der Waals surface area contributed by atoms with Crippen molar-refractivity contribution in [2.75, 3.05) is 31.7 Å². The molecule has 2 aliphatic heterocycles. The van der Waals surface area contributed by atoms with E-state index in [4.69, 9.17) is 27.9 Å². The number of urea groups is 1. The average Bonchev–Trinajstić information content (AvgIpc) is 2.95. The van der Waals surface area contributed by atoms with Crippen molar-refractivity contribution in [2.45, 2.75) is 24.6 Å². The molecule has 5 nitrogen and oxygen atoms in total. The number of nitrogens with one attached hydrogen (secondary N) is 1. The van der Waals surface area contributed by atoms with Crippen LogP contribution < -0.4 is 10.1 Å². The van der Waals surface area contributed by atoms with Crippen LogP contribution in [0, 0.1) is 0 Å². The largest absolute Gasteiger partial charge is 0.481 e. The van der Waals surface area contributed by atoms with Gasteiger partial charge in [-0.05, 0) is 25.0 Å². The number of hydrogen-bond acceptors (Lipinski definition) is 3. The minimum absolute atomic E-state index is 0.116. The van der Waals surface area contributed by atoms with Gasteiger partial charge in [-0.15, -0.1) is 0 Å². The zero-order chi connectivity index (χ0) is 18.2. The molecule has 0 aliphatic carbocycles. The van der Waals surface area contributed by atoms with Crippen molar-refractivity contribution < 1.29 is 27.4 Å². The Hall–Kier alpha value is -1.38. The molecule has 1 spiro atoms. The summed E-state index contributed by atoms with van der Waals surface area (Å²) >= 11 is 11.9. The smallest absolute Gasteiger partial charge is 0.422 e. The van der Waals surface area contributed by atoms with Crippen LogP contribution >= 0.6 is 23.2 Å². The van der Waals surface area contributed by atoms with Crippen LogP contribution in [0.2, 0.25) is 10.0 Å². The Morgan fingerprint density at radius 1 is 1.32 bits per heavy atom. The molecule has 2 heterocycles. The van der Waals surface area contributed by atoms with E-state index in [0.29, 0.717) is 19.8 Å². The quantitative estimate of drug-likeness (QED) is 0.823. The van der Waals surface area contributed by atoms with Gasteiger partial charge in [-0.3, -0.25) is 0 Å². The van der Waals surface area contributed by atoms with E-state index in [1.54, 1.807) is 4.90 Å². The van der Waals surface area contributed by atoms with E-state index >= 15 is 0 Å². The Balaban J connectivity index is 1.68. The molecule has 0 aromatic heterocycles. The van der Waals surface area contributed by atoms with Crippen LogP contribution in [0.25, 0.3) is 0 Å². The van der Waals surface area contributed by atoms with Gasteiger partial charge in [0.25, 0.3) is 0 Å². The summed E-state index contributed by atoms with van der Waals surface area (Å²) in [4.78, 5) is 14.1. The van der Waals surface area contributed by atoms with E-state index in [0.717, 1.165) is 12.8 Å². The first-order chi connectivity index (χ1) is 11.7. The summed E-state index contributed by atoms with van der Waals surface area (Å²) in [7, 11) is 0. The maximum Gasteiger partial charge on any atom is 0.422 e. The Labute approximate surface area is 152 Å². The van der Waals surface area contributed by atoms with Crippen molar-refractivity contribution >= 4 is 34.9 Å². The van der Waals surface area contributed by atoms with Gasteiger partial charge >= 0.3 is 12.2 Å². The lowest BCUT2D eigenvalue weighted by atomic mass is 9.84. The molecular formula is C15H15Cl2F3N2O3. The standard InChI is InChI=1S/C15H15Cl2F3N2O3/c16-10-5-9(6-11(17)12(10)25-8-15(18,19)20)21-13(23)22-3-1-14(22)2-4-24-7-14/h5-6H,1-4,7-8H2,(H,21,23). The van der Waals surface area contributed by atoms with Gasteiger partial charge in [-0.2, -0.15) is 13.2 Å². The number of nitrogens with zero attached hydrogens (tertiary/aromatic N) is 1. The van der Waals surface area contributed by atoms with Gasteiger partial charge in [0.15, 0.2) is 12.4 Å². The molecule has 1 aromatic rings. The van der Waals surface area contributed by atoms with Gasteiger partial charge in [0.2, 0.25) is 0 Å².